The number of Topliss-reactive ketones (excluding diaryl/α,β-unsaturated/α-hetero) is 1. The van der Waals surface area contributed by atoms with E-state index in [9.17, 15) is 35.8 Å². The van der Waals surface area contributed by atoms with Gasteiger partial charge >= 0.3 is 0 Å². The predicted octanol–water partition coefficient (Wildman–Crippen LogP) is 3.79. The van der Waals surface area contributed by atoms with Gasteiger partial charge in [0.15, 0.2) is 11.5 Å². The molecule has 2 aliphatic heterocycles. The number of hydrogen-bond acceptors (Lipinski definition) is 7. The number of hydrogen-bond donors (Lipinski definition) is 3. The third kappa shape index (κ3) is 5.93. The molecule has 2 aromatic rings. The van der Waals surface area contributed by atoms with Gasteiger partial charge in [-0.05, 0) is 31.9 Å². The second kappa shape index (κ2) is 11.3. The van der Waals surface area contributed by atoms with Crippen molar-refractivity contribution in [1.29, 1.82) is 0 Å². The average molecular weight is 644 g/mol. The Balaban J connectivity index is 1.48. The van der Waals surface area contributed by atoms with Gasteiger partial charge in [0.2, 0.25) is 5.69 Å². The van der Waals surface area contributed by atoms with Crippen molar-refractivity contribution in [3.8, 4) is 0 Å². The van der Waals surface area contributed by atoms with Crippen LogP contribution in [0.2, 0.25) is 0 Å². The first-order chi connectivity index (χ1) is 20.4. The maximum absolute atomic E-state index is 13.7. The van der Waals surface area contributed by atoms with E-state index >= 15 is 0 Å². The van der Waals surface area contributed by atoms with Crippen molar-refractivity contribution < 1.29 is 40.4 Å². The number of carbonyl (C=O) groups excluding carboxylic acids is 1. The number of anilines is 1. The Morgan fingerprint density at radius 2 is 1.45 bits per heavy atom. The quantitative estimate of drug-likeness (QED) is 0.200. The largest absolute Gasteiger partial charge is 0.387 e. The number of benzene rings is 2. The van der Waals surface area contributed by atoms with E-state index in [0.717, 1.165) is 33.9 Å². The van der Waals surface area contributed by atoms with Crippen LogP contribution in [0.15, 0.2) is 72.0 Å². The van der Waals surface area contributed by atoms with Gasteiger partial charge in [0.25, 0.3) is 20.2 Å². The topological polar surface area (TPSA) is 152 Å². The van der Waals surface area contributed by atoms with E-state index in [1.807, 2.05) is 85.7 Å². The predicted molar refractivity (Wildman–Crippen MR) is 169 cm³/mol. The van der Waals surface area contributed by atoms with Crippen LogP contribution < -0.4 is 4.90 Å². The number of carbonyl (C=O) groups is 1. The third-order valence-electron chi connectivity index (χ3n) is 9.04. The van der Waals surface area contributed by atoms with Crippen LogP contribution in [-0.2, 0) is 35.9 Å². The van der Waals surface area contributed by atoms with Crippen LogP contribution in [0.3, 0.4) is 0 Å². The van der Waals surface area contributed by atoms with Gasteiger partial charge in [0, 0.05) is 53.0 Å². The molecule has 3 N–H and O–H groups in total. The van der Waals surface area contributed by atoms with E-state index in [4.69, 9.17) is 0 Å². The van der Waals surface area contributed by atoms with Gasteiger partial charge in [-0.25, -0.2) is 0 Å². The van der Waals surface area contributed by atoms with Crippen molar-refractivity contribution in [2.45, 2.75) is 57.5 Å². The van der Waals surface area contributed by atoms with E-state index in [1.54, 1.807) is 12.2 Å². The zero-order valence-electron chi connectivity index (χ0n) is 25.3. The van der Waals surface area contributed by atoms with Crippen molar-refractivity contribution in [2.24, 2.45) is 5.92 Å². The van der Waals surface area contributed by atoms with E-state index in [1.165, 1.54) is 0 Å². The Morgan fingerprint density at radius 3 is 2.09 bits per heavy atom. The molecule has 10 nitrogen and oxygen atoms in total. The number of ketones is 1. The fraction of sp³-hybridized carbons (Fsp3) is 0.438. The van der Waals surface area contributed by atoms with Crippen LogP contribution in [0.1, 0.15) is 51.7 Å². The van der Waals surface area contributed by atoms with Crippen LogP contribution in [0.4, 0.5) is 11.4 Å². The number of rotatable bonds is 10. The lowest BCUT2D eigenvalue weighted by Gasteiger charge is -2.35. The summed E-state index contributed by atoms with van der Waals surface area (Å²) < 4.78 is 66.1. The molecule has 1 aliphatic carbocycles. The molecule has 236 valence electrons. The Kier molecular flexibility index (Phi) is 8.30. The van der Waals surface area contributed by atoms with Crippen LogP contribution >= 0.6 is 0 Å². The molecule has 2 heterocycles. The molecule has 1 fully saturated rings. The minimum absolute atomic E-state index is 0.171. The highest BCUT2D eigenvalue weighted by Gasteiger charge is 2.50. The Hall–Kier alpha value is -3.16. The summed E-state index contributed by atoms with van der Waals surface area (Å²) in [6, 6.07) is 15.4. The van der Waals surface area contributed by atoms with Crippen molar-refractivity contribution in [1.82, 2.24) is 0 Å². The highest BCUT2D eigenvalue weighted by atomic mass is 32.2. The van der Waals surface area contributed by atoms with Crippen LogP contribution in [0.25, 0.3) is 0 Å². The summed E-state index contributed by atoms with van der Waals surface area (Å²) in [6.07, 6.45) is 2.76. The second-order valence-electron chi connectivity index (χ2n) is 12.7. The van der Waals surface area contributed by atoms with E-state index < -0.39 is 54.6 Å². The summed E-state index contributed by atoms with van der Waals surface area (Å²) in [6.45, 7) is 8.66. The van der Waals surface area contributed by atoms with Gasteiger partial charge in [-0.3, -0.25) is 13.9 Å². The standard InChI is InChI=1S/C32H38N2O8S2/c1-31(2)23-11-5-7-13-25(23)33(15-9-17-43(37,38)39)27(31)19-21-29(35)22(30(21)36)20-28-32(3,4)24-12-6-8-14-26(24)34(28)16-10-18-44(40,41)42/h5-8,11-14,19-21,29,35H,9-10,15-18H2,1-4H3,(H-,37,38,39,40,41,42)/p+1. The molecule has 44 heavy (non-hydrogen) atoms. The van der Waals surface area contributed by atoms with Crippen LogP contribution in [0.5, 0.6) is 0 Å². The summed E-state index contributed by atoms with van der Waals surface area (Å²) in [4.78, 5) is 15.6. The van der Waals surface area contributed by atoms with Crippen LogP contribution in [0, 0.1) is 5.92 Å². The molecule has 0 bridgehead atoms. The summed E-state index contributed by atoms with van der Waals surface area (Å²) in [5, 5.41) is 11.4. The van der Waals surface area contributed by atoms with Gasteiger partial charge in [-0.15, -0.1) is 0 Å². The normalized spacial score (nSPS) is 24.2. The zero-order chi connectivity index (χ0) is 32.2. The zero-order valence-corrected chi connectivity index (χ0v) is 26.9. The average Bonchev–Trinajstić information content (AvgIpc) is 3.27. The van der Waals surface area contributed by atoms with Gasteiger partial charge in [0.1, 0.15) is 6.54 Å². The number of fused-ring (bicyclic) bond motifs is 2. The minimum atomic E-state index is -4.14. The van der Waals surface area contributed by atoms with Gasteiger partial charge in [-0.2, -0.15) is 21.4 Å². The molecule has 0 amide bonds. The van der Waals surface area contributed by atoms with Crippen molar-refractivity contribution >= 4 is 43.1 Å². The molecule has 3 aliphatic rings. The van der Waals surface area contributed by atoms with Crippen LogP contribution in [-0.4, -0.2) is 77.8 Å². The summed E-state index contributed by atoms with van der Waals surface area (Å²) in [5.41, 5.74) is 4.51. The smallest absolute Gasteiger partial charge is 0.265 e. The van der Waals surface area contributed by atoms with Gasteiger partial charge in [0.05, 0.1) is 28.9 Å². The molecule has 5 rings (SSSR count). The maximum atomic E-state index is 13.7. The summed E-state index contributed by atoms with van der Waals surface area (Å²) in [5.74, 6) is -1.83. The SMILES string of the molecule is CC1(C)C(=CC2C(=O)C(=CC3=[N+](CCCS(=O)(=O)O)c4ccccc4C3(C)C)C2O)N(CCCS(=O)(=O)O)c2ccccc21. The molecular formula is C32H39N2O8S2+. The molecule has 12 heteroatoms. The number of nitrogens with zero attached hydrogens (tertiary/aromatic N) is 2. The lowest BCUT2D eigenvalue weighted by molar-refractivity contribution is -0.437. The maximum Gasteiger partial charge on any atom is 0.265 e. The van der Waals surface area contributed by atoms with Crippen molar-refractivity contribution in [2.75, 3.05) is 29.5 Å². The summed E-state index contributed by atoms with van der Waals surface area (Å²) >= 11 is 0. The molecule has 2 atom stereocenters. The van der Waals surface area contributed by atoms with Crippen molar-refractivity contribution in [3.63, 3.8) is 0 Å². The van der Waals surface area contributed by atoms with E-state index in [-0.39, 0.29) is 24.2 Å². The first-order valence-corrected chi connectivity index (χ1v) is 17.8. The van der Waals surface area contributed by atoms with E-state index in [0.29, 0.717) is 13.1 Å². The molecule has 2 aromatic carbocycles. The third-order valence-corrected chi connectivity index (χ3v) is 10.7. The first-order valence-electron chi connectivity index (χ1n) is 14.6. The molecule has 2 unspecified atom stereocenters. The minimum Gasteiger partial charge on any atom is -0.387 e. The molecule has 0 spiro atoms. The molecule has 0 aromatic heterocycles. The molecule has 0 saturated heterocycles. The fourth-order valence-corrected chi connectivity index (χ4v) is 7.74. The second-order valence-corrected chi connectivity index (χ2v) is 15.9. The molecule has 1 saturated carbocycles. The number of aliphatic hydroxyl groups excluding tert-OH is 1. The number of aliphatic hydroxyl groups is 1. The summed E-state index contributed by atoms with van der Waals surface area (Å²) in [7, 11) is -8.27. The molecular weight excluding hydrogens is 604 g/mol. The van der Waals surface area contributed by atoms with Crippen molar-refractivity contribution in [3.05, 3.63) is 83.1 Å². The highest BCUT2D eigenvalue weighted by Crippen LogP contribution is 2.49. The lowest BCUT2D eigenvalue weighted by atomic mass is 9.71. The van der Waals surface area contributed by atoms with Gasteiger partial charge in [-0.1, -0.05) is 56.3 Å². The Bertz CT molecular complexity index is 1820. The van der Waals surface area contributed by atoms with E-state index in [2.05, 4.69) is 0 Å². The monoisotopic (exact) mass is 643 g/mol. The number of para-hydroxylation sites is 2. The Labute approximate surface area is 258 Å². The highest BCUT2D eigenvalue weighted by molar-refractivity contribution is 7.86. The van der Waals surface area contributed by atoms with Gasteiger partial charge < -0.3 is 10.0 Å². The lowest BCUT2D eigenvalue weighted by Crippen LogP contribution is -2.46. The first kappa shape index (κ1) is 32.2. The molecule has 0 radical (unpaired) electrons. The fourth-order valence-electron chi connectivity index (χ4n) is 6.75. The Morgan fingerprint density at radius 1 is 0.864 bits per heavy atom. The number of allylic oxidation sites excluding steroid dienone is 2.